The molecule has 0 heterocycles. The summed E-state index contributed by atoms with van der Waals surface area (Å²) in [6, 6.07) is 3.56. The Morgan fingerprint density at radius 2 is 1.60 bits per heavy atom. The molecular formula is C30H38F4O. The lowest BCUT2D eigenvalue weighted by molar-refractivity contribution is 0.0692. The summed E-state index contributed by atoms with van der Waals surface area (Å²) >= 11 is 0. The van der Waals surface area contributed by atoms with Gasteiger partial charge in [-0.1, -0.05) is 24.3 Å². The fraction of sp³-hybridized carbons (Fsp3) is 0.600. The van der Waals surface area contributed by atoms with E-state index in [0.717, 1.165) is 57.8 Å². The zero-order chi connectivity index (χ0) is 24.9. The number of aryl methyl sites for hydroxylation is 1. The normalized spacial score (nSPS) is 29.7. The van der Waals surface area contributed by atoms with Gasteiger partial charge in [0.1, 0.15) is 6.10 Å². The Morgan fingerprint density at radius 1 is 0.914 bits per heavy atom. The van der Waals surface area contributed by atoms with Crippen LogP contribution in [0.3, 0.4) is 0 Å². The number of halogens is 4. The second-order valence-corrected chi connectivity index (χ2v) is 10.5. The topological polar surface area (TPSA) is 9.23 Å². The van der Waals surface area contributed by atoms with Crippen molar-refractivity contribution in [1.82, 2.24) is 0 Å². The molecule has 5 heteroatoms. The van der Waals surface area contributed by atoms with Crippen LogP contribution >= 0.6 is 0 Å². The molecule has 2 saturated carbocycles. The van der Waals surface area contributed by atoms with E-state index in [1.54, 1.807) is 25.1 Å². The summed E-state index contributed by atoms with van der Waals surface area (Å²) in [6.07, 6.45) is 11.7. The maximum atomic E-state index is 14.9. The second kappa shape index (κ2) is 11.9. The summed E-state index contributed by atoms with van der Waals surface area (Å²) < 4.78 is 64.1. The minimum atomic E-state index is -0.802. The maximum Gasteiger partial charge on any atom is 0.165 e. The number of rotatable bonds is 8. The quantitative estimate of drug-likeness (QED) is 0.261. The van der Waals surface area contributed by atoms with Crippen LogP contribution in [-0.2, 0) is 11.2 Å². The number of ether oxygens (including phenoxy) is 1. The van der Waals surface area contributed by atoms with E-state index in [0.29, 0.717) is 48.0 Å². The maximum absolute atomic E-state index is 14.9. The van der Waals surface area contributed by atoms with E-state index in [2.05, 4.69) is 6.58 Å². The molecule has 0 N–H and O–H groups in total. The summed E-state index contributed by atoms with van der Waals surface area (Å²) in [5.41, 5.74) is 1.45. The van der Waals surface area contributed by atoms with Crippen molar-refractivity contribution in [2.75, 3.05) is 6.61 Å². The van der Waals surface area contributed by atoms with E-state index in [1.165, 1.54) is 0 Å². The SMILES string of the molecule is C=CC1CCC(c2ccc(CCC3CCC(C4=CCC(OCC)C(F)=C4F)CC3)c(F)c2F)CC1. The van der Waals surface area contributed by atoms with E-state index in [4.69, 9.17) is 4.74 Å². The van der Waals surface area contributed by atoms with Crippen LogP contribution in [0.4, 0.5) is 17.6 Å². The van der Waals surface area contributed by atoms with Gasteiger partial charge in [-0.2, -0.15) is 0 Å². The fourth-order valence-electron chi connectivity index (χ4n) is 6.29. The van der Waals surface area contributed by atoms with Crippen LogP contribution in [0.25, 0.3) is 0 Å². The second-order valence-electron chi connectivity index (χ2n) is 10.5. The van der Waals surface area contributed by atoms with Crippen LogP contribution in [0.5, 0.6) is 0 Å². The molecule has 0 saturated heterocycles. The molecule has 1 nitrogen and oxygen atoms in total. The zero-order valence-electron chi connectivity index (χ0n) is 20.8. The Kier molecular flexibility index (Phi) is 8.91. The van der Waals surface area contributed by atoms with Crippen LogP contribution < -0.4 is 0 Å². The molecule has 1 aromatic rings. The van der Waals surface area contributed by atoms with E-state index < -0.39 is 29.4 Å². The predicted octanol–water partition coefficient (Wildman–Crippen LogP) is 9.05. The highest BCUT2D eigenvalue weighted by Gasteiger charge is 2.32. The van der Waals surface area contributed by atoms with E-state index in [1.807, 2.05) is 6.08 Å². The molecule has 192 valence electrons. The minimum Gasteiger partial charge on any atom is -0.371 e. The highest BCUT2D eigenvalue weighted by molar-refractivity contribution is 5.36. The molecule has 3 aliphatic carbocycles. The Morgan fingerprint density at radius 3 is 2.26 bits per heavy atom. The fourth-order valence-corrected chi connectivity index (χ4v) is 6.29. The third kappa shape index (κ3) is 5.93. The first-order valence-electron chi connectivity index (χ1n) is 13.4. The van der Waals surface area contributed by atoms with Crippen LogP contribution in [0.1, 0.15) is 88.2 Å². The van der Waals surface area contributed by atoms with Gasteiger partial charge < -0.3 is 4.74 Å². The first-order chi connectivity index (χ1) is 16.9. The van der Waals surface area contributed by atoms with Crippen molar-refractivity contribution in [3.8, 4) is 0 Å². The largest absolute Gasteiger partial charge is 0.371 e. The lowest BCUT2D eigenvalue weighted by Gasteiger charge is -2.32. The number of benzene rings is 1. The third-order valence-electron chi connectivity index (χ3n) is 8.51. The highest BCUT2D eigenvalue weighted by atomic mass is 19.2. The van der Waals surface area contributed by atoms with Crippen molar-refractivity contribution in [3.05, 3.63) is 70.9 Å². The van der Waals surface area contributed by atoms with Gasteiger partial charge >= 0.3 is 0 Å². The van der Waals surface area contributed by atoms with Crippen molar-refractivity contribution in [3.63, 3.8) is 0 Å². The van der Waals surface area contributed by atoms with Gasteiger partial charge in [-0.25, -0.2) is 17.6 Å². The molecule has 0 radical (unpaired) electrons. The van der Waals surface area contributed by atoms with Gasteiger partial charge in [0.05, 0.1) is 0 Å². The van der Waals surface area contributed by atoms with Crippen LogP contribution in [0, 0.1) is 29.4 Å². The summed E-state index contributed by atoms with van der Waals surface area (Å²) in [4.78, 5) is 0. The van der Waals surface area contributed by atoms with Crippen molar-refractivity contribution in [2.24, 2.45) is 17.8 Å². The van der Waals surface area contributed by atoms with Crippen molar-refractivity contribution < 1.29 is 22.3 Å². The van der Waals surface area contributed by atoms with Crippen molar-refractivity contribution in [1.29, 1.82) is 0 Å². The molecular weight excluding hydrogens is 452 g/mol. The molecule has 1 aromatic carbocycles. The summed E-state index contributed by atoms with van der Waals surface area (Å²) in [7, 11) is 0. The Balaban J connectivity index is 1.29. The number of hydrogen-bond donors (Lipinski definition) is 0. The number of hydrogen-bond acceptors (Lipinski definition) is 1. The van der Waals surface area contributed by atoms with Crippen molar-refractivity contribution in [2.45, 2.75) is 89.6 Å². The summed E-state index contributed by atoms with van der Waals surface area (Å²) in [5.74, 6) is -1.91. The minimum absolute atomic E-state index is 0.0178. The van der Waals surface area contributed by atoms with Crippen LogP contribution in [0.2, 0.25) is 0 Å². The van der Waals surface area contributed by atoms with Gasteiger partial charge in [-0.05, 0) is 118 Å². The van der Waals surface area contributed by atoms with E-state index in [9.17, 15) is 17.6 Å². The molecule has 0 aliphatic heterocycles. The van der Waals surface area contributed by atoms with Gasteiger partial charge in [-0.15, -0.1) is 6.58 Å². The lowest BCUT2D eigenvalue weighted by atomic mass is 9.75. The van der Waals surface area contributed by atoms with Gasteiger partial charge in [0.2, 0.25) is 0 Å². The van der Waals surface area contributed by atoms with E-state index in [-0.39, 0.29) is 11.8 Å². The Bertz CT molecular complexity index is 949. The van der Waals surface area contributed by atoms with Gasteiger partial charge in [0, 0.05) is 6.61 Å². The summed E-state index contributed by atoms with van der Waals surface area (Å²) in [6.45, 7) is 5.98. The highest BCUT2D eigenvalue weighted by Crippen LogP contribution is 2.42. The molecule has 4 rings (SSSR count). The average molecular weight is 491 g/mol. The zero-order valence-corrected chi connectivity index (χ0v) is 20.8. The molecule has 35 heavy (non-hydrogen) atoms. The smallest absolute Gasteiger partial charge is 0.165 e. The standard InChI is InChI=1S/C30H38F4O/c1-3-19-5-10-21(11-6-19)24-16-15-23(27(31)28(24)32)14-9-20-7-12-22(13-8-20)25-17-18-26(35-4-2)30(34)29(25)33/h3,15-17,19-22,26H,1,4-14,18H2,2H3. The first kappa shape index (κ1) is 26.2. The number of allylic oxidation sites excluding steroid dienone is 3. The van der Waals surface area contributed by atoms with Crippen LogP contribution in [-0.4, -0.2) is 12.7 Å². The molecule has 0 amide bonds. The average Bonchev–Trinajstić information content (AvgIpc) is 2.88. The van der Waals surface area contributed by atoms with Gasteiger partial charge in [0.25, 0.3) is 0 Å². The molecule has 1 unspecified atom stereocenters. The monoisotopic (exact) mass is 490 g/mol. The van der Waals surface area contributed by atoms with Crippen LogP contribution in [0.15, 0.2) is 48.1 Å². The Hall–Kier alpha value is -1.88. The summed E-state index contributed by atoms with van der Waals surface area (Å²) in [5, 5.41) is 0. The molecule has 0 aromatic heterocycles. The predicted molar refractivity (Wildman–Crippen MR) is 132 cm³/mol. The molecule has 2 fully saturated rings. The van der Waals surface area contributed by atoms with Gasteiger partial charge in [-0.3, -0.25) is 0 Å². The molecule has 0 spiro atoms. The van der Waals surface area contributed by atoms with E-state index >= 15 is 0 Å². The lowest BCUT2D eigenvalue weighted by Crippen LogP contribution is -2.22. The molecule has 0 bridgehead atoms. The first-order valence-corrected chi connectivity index (χ1v) is 13.4. The molecule has 1 atom stereocenters. The van der Waals surface area contributed by atoms with Crippen molar-refractivity contribution >= 4 is 0 Å². The third-order valence-corrected chi connectivity index (χ3v) is 8.51. The Labute approximate surface area is 207 Å². The molecule has 3 aliphatic rings. The van der Waals surface area contributed by atoms with Gasteiger partial charge in [0.15, 0.2) is 23.3 Å².